The molecule has 0 heterocycles. The minimum atomic E-state index is -0.461. The van der Waals surface area contributed by atoms with Crippen LogP contribution in [-0.4, -0.2) is 18.1 Å². The minimum absolute atomic E-state index is 0. The Morgan fingerprint density at radius 3 is 2.27 bits per heavy atom. The van der Waals surface area contributed by atoms with Gasteiger partial charge in [-0.15, -0.1) is 12.4 Å². The van der Waals surface area contributed by atoms with E-state index in [-0.39, 0.29) is 30.4 Å². The summed E-state index contributed by atoms with van der Waals surface area (Å²) in [5.41, 5.74) is 5.70. The van der Waals surface area contributed by atoms with E-state index in [9.17, 15) is 4.79 Å². The first-order valence-corrected chi connectivity index (χ1v) is 5.57. The van der Waals surface area contributed by atoms with E-state index in [1.165, 1.54) is 19.3 Å². The molecule has 0 aromatic rings. The topological polar surface area (TPSA) is 52.3 Å². The number of hydrogen-bond donors (Lipinski definition) is 1. The number of nitrogens with two attached hydrogens (primary N) is 1. The van der Waals surface area contributed by atoms with Crippen LogP contribution in [0.1, 0.15) is 46.0 Å². The van der Waals surface area contributed by atoms with Crippen molar-refractivity contribution >= 4 is 18.4 Å². The Labute approximate surface area is 98.2 Å². The summed E-state index contributed by atoms with van der Waals surface area (Å²) in [5.74, 6) is -0.0713. The Balaban J connectivity index is 0.00000196. The highest BCUT2D eigenvalue weighted by atomic mass is 35.5. The highest BCUT2D eigenvalue weighted by Gasteiger charge is 2.23. The molecule has 1 fully saturated rings. The maximum absolute atomic E-state index is 11.5. The predicted octanol–water partition coefficient (Wildman–Crippen LogP) is 2.27. The third kappa shape index (κ3) is 4.85. The van der Waals surface area contributed by atoms with Crippen LogP contribution in [0.2, 0.25) is 0 Å². The van der Waals surface area contributed by atoms with Crippen molar-refractivity contribution in [3.63, 3.8) is 0 Å². The summed E-state index contributed by atoms with van der Waals surface area (Å²) in [4.78, 5) is 11.5. The van der Waals surface area contributed by atoms with Crippen molar-refractivity contribution in [1.82, 2.24) is 0 Å². The first kappa shape index (κ1) is 14.7. The molecule has 1 aliphatic carbocycles. The van der Waals surface area contributed by atoms with Crippen LogP contribution in [0.4, 0.5) is 0 Å². The van der Waals surface area contributed by atoms with E-state index in [4.69, 9.17) is 10.5 Å². The van der Waals surface area contributed by atoms with Crippen molar-refractivity contribution in [3.8, 4) is 0 Å². The van der Waals surface area contributed by atoms with Crippen LogP contribution >= 0.6 is 12.4 Å². The Bertz CT molecular complexity index is 191. The van der Waals surface area contributed by atoms with Crippen molar-refractivity contribution < 1.29 is 9.53 Å². The lowest BCUT2D eigenvalue weighted by molar-refractivity contribution is -0.153. The molecule has 90 valence electrons. The smallest absolute Gasteiger partial charge is 0.323 e. The SMILES string of the molecule is CC(C)C(N)C(=O)OC1CCCCC1.Cl. The number of hydrogen-bond acceptors (Lipinski definition) is 3. The molecular weight excluding hydrogens is 214 g/mol. The van der Waals surface area contributed by atoms with Gasteiger partial charge in [0, 0.05) is 0 Å². The molecule has 0 saturated heterocycles. The number of ether oxygens (including phenoxy) is 1. The third-order valence-corrected chi connectivity index (χ3v) is 2.83. The molecule has 0 aromatic heterocycles. The zero-order valence-corrected chi connectivity index (χ0v) is 10.4. The summed E-state index contributed by atoms with van der Waals surface area (Å²) >= 11 is 0. The average Bonchev–Trinajstić information content (AvgIpc) is 2.18. The molecule has 1 unspecified atom stereocenters. The van der Waals surface area contributed by atoms with E-state index in [1.807, 2.05) is 13.8 Å². The molecule has 0 bridgehead atoms. The van der Waals surface area contributed by atoms with Crippen LogP contribution in [-0.2, 0) is 9.53 Å². The molecule has 1 rings (SSSR count). The van der Waals surface area contributed by atoms with Gasteiger partial charge in [-0.2, -0.15) is 0 Å². The van der Waals surface area contributed by atoms with Gasteiger partial charge in [0.1, 0.15) is 12.1 Å². The molecule has 0 amide bonds. The highest BCUT2D eigenvalue weighted by molar-refractivity contribution is 5.85. The second kappa shape index (κ2) is 7.07. The third-order valence-electron chi connectivity index (χ3n) is 2.83. The fourth-order valence-electron chi connectivity index (χ4n) is 1.70. The van der Waals surface area contributed by atoms with Gasteiger partial charge >= 0.3 is 5.97 Å². The van der Waals surface area contributed by atoms with Crippen LogP contribution < -0.4 is 5.73 Å². The zero-order chi connectivity index (χ0) is 10.6. The van der Waals surface area contributed by atoms with Crippen molar-refractivity contribution in [2.45, 2.75) is 58.1 Å². The number of carbonyl (C=O) groups excluding carboxylic acids is 1. The second-order valence-electron chi connectivity index (χ2n) is 4.47. The number of esters is 1. The van der Waals surface area contributed by atoms with E-state index in [1.54, 1.807) is 0 Å². The van der Waals surface area contributed by atoms with E-state index >= 15 is 0 Å². The lowest BCUT2D eigenvalue weighted by Gasteiger charge is -2.24. The van der Waals surface area contributed by atoms with Gasteiger partial charge in [0.2, 0.25) is 0 Å². The quantitative estimate of drug-likeness (QED) is 0.764. The lowest BCUT2D eigenvalue weighted by atomic mass is 9.97. The zero-order valence-electron chi connectivity index (χ0n) is 9.57. The lowest BCUT2D eigenvalue weighted by Crippen LogP contribution is -2.39. The predicted molar refractivity (Wildman–Crippen MR) is 63.0 cm³/mol. The monoisotopic (exact) mass is 235 g/mol. The van der Waals surface area contributed by atoms with Gasteiger partial charge in [-0.3, -0.25) is 4.79 Å². The largest absolute Gasteiger partial charge is 0.461 e. The van der Waals surface area contributed by atoms with Crippen LogP contribution in [0, 0.1) is 5.92 Å². The fourth-order valence-corrected chi connectivity index (χ4v) is 1.70. The van der Waals surface area contributed by atoms with Crippen LogP contribution in [0.3, 0.4) is 0 Å². The first-order valence-electron chi connectivity index (χ1n) is 5.57. The average molecular weight is 236 g/mol. The molecule has 1 aliphatic rings. The summed E-state index contributed by atoms with van der Waals surface area (Å²) in [6.07, 6.45) is 5.77. The molecule has 0 spiro atoms. The summed E-state index contributed by atoms with van der Waals surface area (Å²) in [6, 6.07) is -0.461. The van der Waals surface area contributed by atoms with Crippen molar-refractivity contribution in [3.05, 3.63) is 0 Å². The van der Waals surface area contributed by atoms with Gasteiger partial charge in [0.25, 0.3) is 0 Å². The van der Waals surface area contributed by atoms with E-state index < -0.39 is 6.04 Å². The molecule has 0 radical (unpaired) electrons. The molecule has 15 heavy (non-hydrogen) atoms. The first-order chi connectivity index (χ1) is 6.61. The maximum Gasteiger partial charge on any atom is 0.323 e. The number of halogens is 1. The van der Waals surface area contributed by atoms with Gasteiger partial charge in [0.05, 0.1) is 0 Å². The molecule has 0 aliphatic heterocycles. The van der Waals surface area contributed by atoms with E-state index in [0.717, 1.165) is 12.8 Å². The molecule has 4 heteroatoms. The molecular formula is C11H22ClNO2. The van der Waals surface area contributed by atoms with Crippen LogP contribution in [0.25, 0.3) is 0 Å². The van der Waals surface area contributed by atoms with Crippen LogP contribution in [0.15, 0.2) is 0 Å². The Morgan fingerprint density at radius 1 is 1.27 bits per heavy atom. The van der Waals surface area contributed by atoms with E-state index in [0.29, 0.717) is 0 Å². The summed E-state index contributed by atoms with van der Waals surface area (Å²) < 4.78 is 5.35. The molecule has 1 saturated carbocycles. The molecule has 1 atom stereocenters. The maximum atomic E-state index is 11.5. The standard InChI is InChI=1S/C11H21NO2.ClH/c1-8(2)10(12)11(13)14-9-6-4-3-5-7-9;/h8-10H,3-7,12H2,1-2H3;1H. The summed E-state index contributed by atoms with van der Waals surface area (Å²) in [6.45, 7) is 3.87. The summed E-state index contributed by atoms with van der Waals surface area (Å²) in [7, 11) is 0. The van der Waals surface area contributed by atoms with Gasteiger partial charge in [-0.1, -0.05) is 20.3 Å². The molecule has 2 N–H and O–H groups in total. The van der Waals surface area contributed by atoms with Gasteiger partial charge in [0.15, 0.2) is 0 Å². The van der Waals surface area contributed by atoms with Gasteiger partial charge in [-0.05, 0) is 31.6 Å². The van der Waals surface area contributed by atoms with Crippen molar-refractivity contribution in [2.24, 2.45) is 11.7 Å². The van der Waals surface area contributed by atoms with Crippen molar-refractivity contribution in [2.75, 3.05) is 0 Å². The number of carbonyl (C=O) groups is 1. The molecule has 0 aromatic carbocycles. The Morgan fingerprint density at radius 2 is 1.80 bits per heavy atom. The minimum Gasteiger partial charge on any atom is -0.461 e. The van der Waals surface area contributed by atoms with Gasteiger partial charge in [-0.25, -0.2) is 0 Å². The van der Waals surface area contributed by atoms with Gasteiger partial charge < -0.3 is 10.5 Å². The number of rotatable bonds is 3. The Hall–Kier alpha value is -0.280. The van der Waals surface area contributed by atoms with E-state index in [2.05, 4.69) is 0 Å². The second-order valence-corrected chi connectivity index (χ2v) is 4.47. The van der Waals surface area contributed by atoms with Crippen molar-refractivity contribution in [1.29, 1.82) is 0 Å². The van der Waals surface area contributed by atoms with Crippen LogP contribution in [0.5, 0.6) is 0 Å². The normalized spacial score (nSPS) is 19.5. The summed E-state index contributed by atoms with van der Waals surface area (Å²) in [5, 5.41) is 0. The fraction of sp³-hybridized carbons (Fsp3) is 0.909. The molecule has 3 nitrogen and oxygen atoms in total. The Kier molecular flexibility index (Phi) is 6.94. The highest BCUT2D eigenvalue weighted by Crippen LogP contribution is 2.20.